The number of rotatable bonds is 8. The van der Waals surface area contributed by atoms with Crippen LogP contribution in [0.4, 0.5) is 0 Å². The predicted octanol–water partition coefficient (Wildman–Crippen LogP) is 3.42. The fourth-order valence-corrected chi connectivity index (χ4v) is 5.26. The summed E-state index contributed by atoms with van der Waals surface area (Å²) in [5.41, 5.74) is 2.22. The van der Waals surface area contributed by atoms with Crippen molar-refractivity contribution in [3.05, 3.63) is 71.8 Å². The van der Waals surface area contributed by atoms with Crippen LogP contribution in [0.5, 0.6) is 0 Å². The molecule has 0 saturated carbocycles. The summed E-state index contributed by atoms with van der Waals surface area (Å²) < 4.78 is 5.14. The second-order valence-electron chi connectivity index (χ2n) is 8.18. The van der Waals surface area contributed by atoms with Gasteiger partial charge in [-0.15, -0.1) is 0 Å². The normalized spacial score (nSPS) is 26.5. The topological polar surface area (TPSA) is 41.6 Å². The largest absolute Gasteiger partial charge is 0.383 e. The molecule has 1 N–H and O–H groups in total. The van der Waals surface area contributed by atoms with Gasteiger partial charge in [0.15, 0.2) is 0 Å². The van der Waals surface area contributed by atoms with Crippen LogP contribution in [-0.2, 0) is 22.5 Å². The van der Waals surface area contributed by atoms with Gasteiger partial charge in [0.05, 0.1) is 12.0 Å². The van der Waals surface area contributed by atoms with E-state index in [1.54, 1.807) is 7.11 Å². The van der Waals surface area contributed by atoms with Gasteiger partial charge in [-0.2, -0.15) is 0 Å². The van der Waals surface area contributed by atoms with Crippen LogP contribution >= 0.6 is 0 Å². The molecular weight excluding hydrogens is 348 g/mol. The van der Waals surface area contributed by atoms with Crippen molar-refractivity contribution >= 4 is 5.91 Å². The smallest absolute Gasteiger partial charge is 0.228 e. The molecule has 3 atom stereocenters. The molecule has 0 spiro atoms. The number of hydrogen-bond donors (Lipinski definition) is 1. The van der Waals surface area contributed by atoms with Gasteiger partial charge < -0.3 is 10.1 Å². The first-order valence-electron chi connectivity index (χ1n) is 10.3. The van der Waals surface area contributed by atoms with E-state index in [1.807, 2.05) is 6.07 Å². The molecule has 2 aliphatic heterocycles. The van der Waals surface area contributed by atoms with Gasteiger partial charge in [-0.05, 0) is 36.8 Å². The SMILES string of the molecule is COCCNC(=O)[C@]1(Cc2ccccc2)C[C@@H]2CC[C@H]1N2Cc1ccccc1. The molecule has 148 valence electrons. The number of carbonyl (C=O) groups excluding carboxylic acids is 1. The first kappa shape index (κ1) is 19.2. The van der Waals surface area contributed by atoms with Crippen molar-refractivity contribution in [1.29, 1.82) is 0 Å². The number of ether oxygens (including phenoxy) is 1. The van der Waals surface area contributed by atoms with Crippen molar-refractivity contribution < 1.29 is 9.53 Å². The number of methoxy groups -OCH3 is 1. The molecule has 0 unspecified atom stereocenters. The molecule has 2 saturated heterocycles. The van der Waals surface area contributed by atoms with Gasteiger partial charge in [-0.3, -0.25) is 9.69 Å². The number of nitrogens with zero attached hydrogens (tertiary/aromatic N) is 1. The van der Waals surface area contributed by atoms with Gasteiger partial charge in [-0.1, -0.05) is 60.7 Å². The summed E-state index contributed by atoms with van der Waals surface area (Å²) in [6.07, 6.45) is 4.04. The lowest BCUT2D eigenvalue weighted by atomic mass is 9.69. The Labute approximate surface area is 167 Å². The fourth-order valence-electron chi connectivity index (χ4n) is 5.26. The minimum absolute atomic E-state index is 0.193. The molecule has 2 aliphatic rings. The number of fused-ring (bicyclic) bond motifs is 2. The Kier molecular flexibility index (Phi) is 5.79. The van der Waals surface area contributed by atoms with E-state index in [0.717, 1.165) is 25.8 Å². The number of nitrogens with one attached hydrogen (secondary N) is 1. The van der Waals surface area contributed by atoms with Crippen LogP contribution < -0.4 is 5.32 Å². The highest BCUT2D eigenvalue weighted by Gasteiger charge is 2.59. The van der Waals surface area contributed by atoms with Gasteiger partial charge in [0.2, 0.25) is 5.91 Å². The maximum Gasteiger partial charge on any atom is 0.228 e. The summed E-state index contributed by atoms with van der Waals surface area (Å²) in [7, 11) is 1.67. The Morgan fingerprint density at radius 3 is 2.43 bits per heavy atom. The molecule has 28 heavy (non-hydrogen) atoms. The quantitative estimate of drug-likeness (QED) is 0.716. The number of amides is 1. The van der Waals surface area contributed by atoms with Crippen molar-refractivity contribution in [3.63, 3.8) is 0 Å². The van der Waals surface area contributed by atoms with Crippen molar-refractivity contribution in [2.75, 3.05) is 20.3 Å². The van der Waals surface area contributed by atoms with Gasteiger partial charge in [0.25, 0.3) is 0 Å². The molecule has 4 heteroatoms. The van der Waals surface area contributed by atoms with Crippen molar-refractivity contribution in [2.45, 2.75) is 44.3 Å². The Balaban J connectivity index is 1.59. The van der Waals surface area contributed by atoms with Gasteiger partial charge in [0, 0.05) is 32.3 Å². The predicted molar refractivity (Wildman–Crippen MR) is 111 cm³/mol. The minimum Gasteiger partial charge on any atom is -0.383 e. The van der Waals surface area contributed by atoms with Crippen LogP contribution in [0.25, 0.3) is 0 Å². The molecule has 0 radical (unpaired) electrons. The van der Waals surface area contributed by atoms with Gasteiger partial charge in [0.1, 0.15) is 0 Å². The van der Waals surface area contributed by atoms with E-state index >= 15 is 0 Å². The van der Waals surface area contributed by atoms with Crippen LogP contribution in [-0.4, -0.2) is 43.2 Å². The summed E-state index contributed by atoms with van der Waals surface area (Å²) in [6, 6.07) is 21.9. The van der Waals surface area contributed by atoms with E-state index in [2.05, 4.69) is 64.8 Å². The Hall–Kier alpha value is -2.17. The lowest BCUT2D eigenvalue weighted by molar-refractivity contribution is -0.133. The molecule has 4 nitrogen and oxygen atoms in total. The first-order valence-corrected chi connectivity index (χ1v) is 10.3. The summed E-state index contributed by atoms with van der Waals surface area (Å²) >= 11 is 0. The van der Waals surface area contributed by atoms with Crippen LogP contribution in [0.2, 0.25) is 0 Å². The van der Waals surface area contributed by atoms with E-state index < -0.39 is 0 Å². The Morgan fingerprint density at radius 1 is 1.07 bits per heavy atom. The first-order chi connectivity index (χ1) is 13.7. The maximum atomic E-state index is 13.4. The standard InChI is InChI=1S/C24H30N2O2/c1-28-15-14-25-23(27)24(16-19-8-4-2-5-9-19)17-21-12-13-22(24)26(21)18-20-10-6-3-7-11-20/h2-11,21-22H,12-18H2,1H3,(H,25,27)/t21-,22+,24+/m0/s1. The van der Waals surface area contributed by atoms with Crippen LogP contribution in [0, 0.1) is 5.41 Å². The summed E-state index contributed by atoms with van der Waals surface area (Å²) in [4.78, 5) is 16.0. The monoisotopic (exact) mass is 378 g/mol. The molecular formula is C24H30N2O2. The molecule has 4 rings (SSSR count). The van der Waals surface area contributed by atoms with E-state index in [0.29, 0.717) is 25.2 Å². The zero-order chi connectivity index (χ0) is 19.4. The third-order valence-electron chi connectivity index (χ3n) is 6.49. The summed E-state index contributed by atoms with van der Waals surface area (Å²) in [6.45, 7) is 2.05. The number of carbonyl (C=O) groups is 1. The second kappa shape index (κ2) is 8.46. The van der Waals surface area contributed by atoms with E-state index in [-0.39, 0.29) is 11.3 Å². The number of hydrogen-bond acceptors (Lipinski definition) is 3. The average molecular weight is 379 g/mol. The molecule has 2 bridgehead atoms. The third kappa shape index (κ3) is 3.71. The van der Waals surface area contributed by atoms with Crippen molar-refractivity contribution in [1.82, 2.24) is 10.2 Å². The lowest BCUT2D eigenvalue weighted by Crippen LogP contribution is -2.51. The average Bonchev–Trinajstić information content (AvgIpc) is 3.24. The maximum absolute atomic E-state index is 13.4. The van der Waals surface area contributed by atoms with Gasteiger partial charge in [-0.25, -0.2) is 0 Å². The van der Waals surface area contributed by atoms with Crippen LogP contribution in [0.15, 0.2) is 60.7 Å². The molecule has 2 aromatic carbocycles. The highest BCUT2D eigenvalue weighted by atomic mass is 16.5. The Morgan fingerprint density at radius 2 is 1.75 bits per heavy atom. The zero-order valence-electron chi connectivity index (χ0n) is 16.6. The molecule has 2 heterocycles. The van der Waals surface area contributed by atoms with Crippen molar-refractivity contribution in [3.8, 4) is 0 Å². The second-order valence-corrected chi connectivity index (χ2v) is 8.18. The summed E-state index contributed by atoms with van der Waals surface area (Å²) in [5.74, 6) is 0.193. The molecule has 1 amide bonds. The fraction of sp³-hybridized carbons (Fsp3) is 0.458. The third-order valence-corrected chi connectivity index (χ3v) is 6.49. The molecule has 0 aromatic heterocycles. The van der Waals surface area contributed by atoms with E-state index in [4.69, 9.17) is 4.74 Å². The minimum atomic E-state index is -0.354. The molecule has 2 fully saturated rings. The summed E-state index contributed by atoms with van der Waals surface area (Å²) in [5, 5.41) is 3.17. The lowest BCUT2D eigenvalue weighted by Gasteiger charge is -2.36. The van der Waals surface area contributed by atoms with Crippen molar-refractivity contribution in [2.24, 2.45) is 5.41 Å². The highest BCUT2D eigenvalue weighted by Crippen LogP contribution is 2.52. The molecule has 2 aromatic rings. The molecule has 0 aliphatic carbocycles. The number of benzene rings is 2. The van der Waals surface area contributed by atoms with Crippen LogP contribution in [0.1, 0.15) is 30.4 Å². The van der Waals surface area contributed by atoms with E-state index in [1.165, 1.54) is 17.5 Å². The van der Waals surface area contributed by atoms with Gasteiger partial charge >= 0.3 is 0 Å². The Bertz CT molecular complexity index is 780. The highest BCUT2D eigenvalue weighted by molar-refractivity contribution is 5.84. The van der Waals surface area contributed by atoms with Crippen LogP contribution in [0.3, 0.4) is 0 Å². The zero-order valence-corrected chi connectivity index (χ0v) is 16.6. The van der Waals surface area contributed by atoms with E-state index in [9.17, 15) is 4.79 Å².